The Morgan fingerprint density at radius 3 is 2.21 bits per heavy atom. The van der Waals surface area contributed by atoms with Crippen LogP contribution in [-0.4, -0.2) is 23.5 Å². The van der Waals surface area contributed by atoms with Crippen molar-refractivity contribution in [2.45, 2.75) is 4.90 Å². The van der Waals surface area contributed by atoms with E-state index in [1.165, 1.54) is 37.6 Å². The predicted octanol–water partition coefficient (Wildman–Crippen LogP) is 1.51. The summed E-state index contributed by atoms with van der Waals surface area (Å²) in [6.45, 7) is 0. The zero-order valence-corrected chi connectivity index (χ0v) is 8.76. The summed E-state index contributed by atoms with van der Waals surface area (Å²) < 4.78 is 23.1. The van der Waals surface area contributed by atoms with E-state index < -0.39 is 15.7 Å². The fourth-order valence-corrected chi connectivity index (χ4v) is 1.62. The van der Waals surface area contributed by atoms with Crippen molar-refractivity contribution in [3.8, 4) is 0 Å². The maximum atomic E-state index is 11.3. The zero-order valence-electron chi connectivity index (χ0n) is 7.94. The van der Waals surface area contributed by atoms with Crippen molar-refractivity contribution < 1.29 is 13.7 Å². The van der Waals surface area contributed by atoms with E-state index in [4.69, 9.17) is 4.78 Å². The van der Waals surface area contributed by atoms with Crippen molar-refractivity contribution in [3.05, 3.63) is 29.8 Å². The Balaban J connectivity index is 3.07. The van der Waals surface area contributed by atoms with Gasteiger partial charge in [0.25, 0.3) is 0 Å². The van der Waals surface area contributed by atoms with Crippen LogP contribution in [0.4, 0.5) is 0 Å². The van der Waals surface area contributed by atoms with Gasteiger partial charge in [-0.25, -0.2) is 13.8 Å². The van der Waals surface area contributed by atoms with Crippen LogP contribution < -0.4 is 0 Å². The SMILES string of the molecule is COC(=O)c1ccc([S@](C)(=N)=O)cc1. The van der Waals surface area contributed by atoms with Crippen LogP contribution >= 0.6 is 0 Å². The highest BCUT2D eigenvalue weighted by Gasteiger charge is 2.07. The fourth-order valence-electron chi connectivity index (χ4n) is 0.969. The molecule has 0 aliphatic carbocycles. The average Bonchev–Trinajstić information content (AvgIpc) is 2.15. The molecule has 0 saturated heterocycles. The van der Waals surface area contributed by atoms with Crippen LogP contribution in [0.5, 0.6) is 0 Å². The van der Waals surface area contributed by atoms with Crippen molar-refractivity contribution in [1.29, 1.82) is 4.78 Å². The van der Waals surface area contributed by atoms with Crippen LogP contribution in [0.2, 0.25) is 0 Å². The summed E-state index contributed by atoms with van der Waals surface area (Å²) in [7, 11) is -1.41. The minimum Gasteiger partial charge on any atom is -0.465 e. The molecule has 0 amide bonds. The summed E-state index contributed by atoms with van der Waals surface area (Å²) in [5, 5.41) is 0. The molecule has 1 aromatic rings. The second-order valence-electron chi connectivity index (χ2n) is 2.86. The van der Waals surface area contributed by atoms with Crippen molar-refractivity contribution in [3.63, 3.8) is 0 Å². The Hall–Kier alpha value is -1.36. The molecule has 0 aliphatic heterocycles. The van der Waals surface area contributed by atoms with Gasteiger partial charge in [-0.3, -0.25) is 0 Å². The smallest absolute Gasteiger partial charge is 0.337 e. The lowest BCUT2D eigenvalue weighted by molar-refractivity contribution is 0.0600. The molecule has 5 heteroatoms. The first-order valence-corrected chi connectivity index (χ1v) is 5.84. The molecule has 0 aromatic heterocycles. The highest BCUT2D eigenvalue weighted by molar-refractivity contribution is 7.91. The number of esters is 1. The van der Waals surface area contributed by atoms with Gasteiger partial charge in [0.2, 0.25) is 0 Å². The number of carbonyl (C=O) groups excluding carboxylic acids is 1. The molecule has 0 heterocycles. The van der Waals surface area contributed by atoms with Crippen LogP contribution in [0.1, 0.15) is 10.4 Å². The third-order valence-corrected chi connectivity index (χ3v) is 2.90. The molecule has 1 rings (SSSR count). The van der Waals surface area contributed by atoms with Gasteiger partial charge < -0.3 is 4.74 Å². The van der Waals surface area contributed by atoms with Crippen molar-refractivity contribution in [2.75, 3.05) is 13.4 Å². The molecule has 0 aliphatic rings. The summed E-state index contributed by atoms with van der Waals surface area (Å²) >= 11 is 0. The maximum Gasteiger partial charge on any atom is 0.337 e. The Labute approximate surface area is 82.9 Å². The largest absolute Gasteiger partial charge is 0.465 e. The Bertz CT molecular complexity index is 434. The van der Waals surface area contributed by atoms with Gasteiger partial charge in [-0.05, 0) is 24.3 Å². The number of ether oxygens (including phenoxy) is 1. The first-order valence-electron chi connectivity index (χ1n) is 3.87. The molecule has 1 N–H and O–H groups in total. The van der Waals surface area contributed by atoms with Gasteiger partial charge in [-0.1, -0.05) is 0 Å². The van der Waals surface area contributed by atoms with E-state index in [0.717, 1.165) is 0 Å². The van der Waals surface area contributed by atoms with E-state index in [2.05, 4.69) is 4.74 Å². The topological polar surface area (TPSA) is 67.2 Å². The third kappa shape index (κ3) is 2.32. The number of carbonyl (C=O) groups is 1. The minimum atomic E-state index is -2.70. The molecular formula is C9H11NO3S. The standard InChI is InChI=1S/C9H11NO3S/c1-13-9(11)7-3-5-8(6-4-7)14(2,10)12/h3-6,10H,1-2H3/t14-/m1/s1. The molecule has 1 atom stereocenters. The monoisotopic (exact) mass is 213 g/mol. The van der Waals surface area contributed by atoms with Gasteiger partial charge in [-0.2, -0.15) is 0 Å². The van der Waals surface area contributed by atoms with Crippen LogP contribution in [0.25, 0.3) is 0 Å². The van der Waals surface area contributed by atoms with Gasteiger partial charge in [0.05, 0.1) is 22.4 Å². The summed E-state index contributed by atoms with van der Waals surface area (Å²) in [4.78, 5) is 11.4. The van der Waals surface area contributed by atoms with Gasteiger partial charge in [0.15, 0.2) is 0 Å². The van der Waals surface area contributed by atoms with Crippen LogP contribution in [-0.2, 0) is 14.5 Å². The van der Waals surface area contributed by atoms with E-state index in [1.54, 1.807) is 0 Å². The Morgan fingerprint density at radius 2 is 1.86 bits per heavy atom. The lowest BCUT2D eigenvalue weighted by Crippen LogP contribution is -2.02. The summed E-state index contributed by atoms with van der Waals surface area (Å²) in [6, 6.07) is 6.00. The van der Waals surface area contributed by atoms with Crippen molar-refractivity contribution in [2.24, 2.45) is 0 Å². The number of nitrogens with one attached hydrogen (secondary N) is 1. The van der Waals surface area contributed by atoms with Crippen molar-refractivity contribution >= 4 is 15.7 Å². The summed E-state index contributed by atoms with van der Waals surface area (Å²) in [6.07, 6.45) is 1.33. The van der Waals surface area contributed by atoms with E-state index in [1.807, 2.05) is 0 Å². The highest BCUT2D eigenvalue weighted by Crippen LogP contribution is 2.11. The van der Waals surface area contributed by atoms with Crippen LogP contribution in [0.15, 0.2) is 29.2 Å². The number of benzene rings is 1. The highest BCUT2D eigenvalue weighted by atomic mass is 32.2. The molecule has 0 spiro atoms. The normalized spacial score (nSPS) is 14.4. The van der Waals surface area contributed by atoms with Gasteiger partial charge >= 0.3 is 5.97 Å². The Morgan fingerprint density at radius 1 is 1.36 bits per heavy atom. The molecule has 0 saturated carbocycles. The average molecular weight is 213 g/mol. The molecule has 76 valence electrons. The minimum absolute atomic E-state index is 0.389. The van der Waals surface area contributed by atoms with Gasteiger partial charge in [0, 0.05) is 11.2 Å². The number of methoxy groups -OCH3 is 1. The van der Waals surface area contributed by atoms with Crippen molar-refractivity contribution in [1.82, 2.24) is 0 Å². The fraction of sp³-hybridized carbons (Fsp3) is 0.222. The molecule has 14 heavy (non-hydrogen) atoms. The number of hydrogen-bond donors (Lipinski definition) is 1. The molecule has 0 radical (unpaired) electrons. The van der Waals surface area contributed by atoms with E-state index in [0.29, 0.717) is 10.5 Å². The molecule has 0 bridgehead atoms. The third-order valence-electron chi connectivity index (χ3n) is 1.73. The van der Waals surface area contributed by atoms with Gasteiger partial charge in [-0.15, -0.1) is 0 Å². The molecule has 4 nitrogen and oxygen atoms in total. The Kier molecular flexibility index (Phi) is 2.90. The molecular weight excluding hydrogens is 202 g/mol. The molecule has 0 unspecified atom stereocenters. The van der Waals surface area contributed by atoms with Gasteiger partial charge in [0.1, 0.15) is 0 Å². The zero-order chi connectivity index (χ0) is 10.8. The molecule has 0 fully saturated rings. The van der Waals surface area contributed by atoms with E-state index in [-0.39, 0.29) is 0 Å². The summed E-state index contributed by atoms with van der Waals surface area (Å²) in [5.41, 5.74) is 0.389. The van der Waals surface area contributed by atoms with E-state index >= 15 is 0 Å². The number of hydrogen-bond acceptors (Lipinski definition) is 4. The lowest BCUT2D eigenvalue weighted by atomic mass is 10.2. The van der Waals surface area contributed by atoms with Crippen LogP contribution in [0.3, 0.4) is 0 Å². The second-order valence-corrected chi connectivity index (χ2v) is 5.02. The predicted molar refractivity (Wildman–Crippen MR) is 52.8 cm³/mol. The maximum absolute atomic E-state index is 11.3. The summed E-state index contributed by atoms with van der Waals surface area (Å²) in [5.74, 6) is -0.441. The lowest BCUT2D eigenvalue weighted by Gasteiger charge is -2.02. The first kappa shape index (κ1) is 10.7. The number of rotatable bonds is 2. The second kappa shape index (κ2) is 3.79. The molecule has 1 aromatic carbocycles. The first-order chi connectivity index (χ1) is 6.45. The quantitative estimate of drug-likeness (QED) is 0.757. The van der Waals surface area contributed by atoms with E-state index in [9.17, 15) is 9.00 Å². The van der Waals surface area contributed by atoms with Crippen LogP contribution in [0, 0.1) is 4.78 Å².